The van der Waals surface area contributed by atoms with Crippen LogP contribution in [0.15, 0.2) is 67.0 Å². The lowest BCUT2D eigenvalue weighted by molar-refractivity contribution is -0.133. The molecule has 1 aliphatic heterocycles. The van der Waals surface area contributed by atoms with Gasteiger partial charge in [0.1, 0.15) is 17.9 Å². The molecule has 2 heterocycles. The summed E-state index contributed by atoms with van der Waals surface area (Å²) in [6, 6.07) is 10.7. The molecule has 1 saturated heterocycles. The van der Waals surface area contributed by atoms with Crippen molar-refractivity contribution in [2.24, 2.45) is 0 Å². The first kappa shape index (κ1) is 26.0. The predicted molar refractivity (Wildman–Crippen MR) is 137 cm³/mol. The van der Waals surface area contributed by atoms with Gasteiger partial charge in [0.2, 0.25) is 11.9 Å². The van der Waals surface area contributed by atoms with Gasteiger partial charge in [-0.25, -0.2) is 23.1 Å². The molecule has 2 fully saturated rings. The second-order valence-corrected chi connectivity index (χ2v) is 9.89. The Morgan fingerprint density at radius 1 is 1.08 bits per heavy atom. The molecule has 1 aliphatic carbocycles. The Kier molecular flexibility index (Phi) is 7.25. The summed E-state index contributed by atoms with van der Waals surface area (Å²) in [5.41, 5.74) is 0.422. The van der Waals surface area contributed by atoms with Crippen LogP contribution in [0.25, 0.3) is 0 Å². The maximum absolute atomic E-state index is 14.4. The van der Waals surface area contributed by atoms with Gasteiger partial charge in [-0.2, -0.15) is 0 Å². The molecule has 2 aromatic carbocycles. The van der Waals surface area contributed by atoms with Gasteiger partial charge in [0.15, 0.2) is 0 Å². The van der Waals surface area contributed by atoms with Crippen LogP contribution in [-0.4, -0.2) is 46.3 Å². The number of nitrogens with zero attached hydrogens (tertiary/aromatic N) is 4. The zero-order valence-electron chi connectivity index (χ0n) is 20.2. The van der Waals surface area contributed by atoms with Crippen molar-refractivity contribution in [2.75, 3.05) is 16.3 Å². The van der Waals surface area contributed by atoms with Crippen molar-refractivity contribution in [1.29, 1.82) is 0 Å². The van der Waals surface area contributed by atoms with E-state index in [1.165, 1.54) is 23.1 Å². The Hall–Kier alpha value is -3.66. The van der Waals surface area contributed by atoms with Crippen molar-refractivity contribution in [2.45, 2.75) is 49.7 Å². The van der Waals surface area contributed by atoms with E-state index in [0.29, 0.717) is 25.3 Å². The molecule has 2 aliphatic rings. The molecule has 1 aromatic heterocycles. The second kappa shape index (κ2) is 10.6. The molecule has 11 heteroatoms. The zero-order chi connectivity index (χ0) is 26.9. The Balaban J connectivity index is 1.58. The number of alkyl halides is 2. The molecule has 3 aromatic rings. The molecule has 0 spiro atoms. The van der Waals surface area contributed by atoms with Crippen LogP contribution in [0.2, 0.25) is 5.02 Å². The van der Waals surface area contributed by atoms with Crippen LogP contribution in [0.4, 0.5) is 24.8 Å². The fourth-order valence-electron chi connectivity index (χ4n) is 5.03. The molecular formula is C27H25ClF3N5O2. The fraction of sp³-hybridized carbons (Fsp3) is 0.333. The number of anilines is 2. The monoisotopic (exact) mass is 543 g/mol. The molecule has 0 bridgehead atoms. The highest BCUT2D eigenvalue weighted by molar-refractivity contribution is 6.31. The smallest absolute Gasteiger partial charge is 0.252 e. The number of nitrogens with one attached hydrogen (secondary N) is 1. The third kappa shape index (κ3) is 5.31. The van der Waals surface area contributed by atoms with E-state index in [2.05, 4.69) is 15.3 Å². The first-order valence-corrected chi connectivity index (χ1v) is 12.7. The van der Waals surface area contributed by atoms with Gasteiger partial charge < -0.3 is 10.2 Å². The van der Waals surface area contributed by atoms with E-state index in [4.69, 9.17) is 11.6 Å². The standard InChI is InChI=1S/C27H25ClF3N5O2/c28-21-9-2-1-8-20(21)23(24(37)34-18-15-27(30,31)16-18)36(19-7-3-6-17(29)14-19)25(38)22-10-4-13-35(22)26-32-11-5-12-33-26/h1-3,5-9,11-12,14,18,22-23H,4,10,13,15-16H2,(H,34,37)/t22-,23-/m0/s1. The third-order valence-corrected chi connectivity index (χ3v) is 7.16. The van der Waals surface area contributed by atoms with Crippen LogP contribution in [0, 0.1) is 5.82 Å². The summed E-state index contributed by atoms with van der Waals surface area (Å²) < 4.78 is 41.5. The van der Waals surface area contributed by atoms with Crippen molar-refractivity contribution in [3.63, 3.8) is 0 Å². The van der Waals surface area contributed by atoms with Gasteiger partial charge in [-0.15, -0.1) is 0 Å². The first-order chi connectivity index (χ1) is 18.2. The van der Waals surface area contributed by atoms with Crippen molar-refractivity contribution in [3.8, 4) is 0 Å². The van der Waals surface area contributed by atoms with Gasteiger partial charge in [0, 0.05) is 54.1 Å². The molecule has 0 unspecified atom stereocenters. The molecule has 2 atom stereocenters. The molecule has 38 heavy (non-hydrogen) atoms. The van der Waals surface area contributed by atoms with Crippen LogP contribution < -0.4 is 15.1 Å². The van der Waals surface area contributed by atoms with Gasteiger partial charge in [-0.1, -0.05) is 35.9 Å². The minimum atomic E-state index is -2.85. The van der Waals surface area contributed by atoms with Gasteiger partial charge in [0.05, 0.1) is 0 Å². The molecule has 7 nitrogen and oxygen atoms in total. The molecular weight excluding hydrogens is 519 g/mol. The lowest BCUT2D eigenvalue weighted by atomic mass is 9.87. The molecule has 1 N–H and O–H groups in total. The van der Waals surface area contributed by atoms with E-state index >= 15 is 0 Å². The molecule has 5 rings (SSSR count). The Labute approximate surface area is 222 Å². The first-order valence-electron chi connectivity index (χ1n) is 12.3. The zero-order valence-corrected chi connectivity index (χ0v) is 21.0. The minimum absolute atomic E-state index is 0.134. The fourth-order valence-corrected chi connectivity index (χ4v) is 5.27. The molecule has 2 amide bonds. The highest BCUT2D eigenvalue weighted by Crippen LogP contribution is 2.39. The van der Waals surface area contributed by atoms with Crippen LogP contribution in [0.3, 0.4) is 0 Å². The average molecular weight is 544 g/mol. The normalized spacial score (nSPS) is 19.5. The van der Waals surface area contributed by atoms with E-state index in [1.807, 2.05) is 0 Å². The van der Waals surface area contributed by atoms with E-state index < -0.39 is 54.5 Å². The Morgan fingerprint density at radius 3 is 2.50 bits per heavy atom. The number of benzene rings is 2. The summed E-state index contributed by atoms with van der Waals surface area (Å²) in [7, 11) is 0. The van der Waals surface area contributed by atoms with E-state index in [9.17, 15) is 22.8 Å². The number of halogens is 4. The number of rotatable bonds is 7. The van der Waals surface area contributed by atoms with Crippen LogP contribution >= 0.6 is 11.6 Å². The highest BCUT2D eigenvalue weighted by Gasteiger charge is 2.48. The van der Waals surface area contributed by atoms with Crippen molar-refractivity contribution in [3.05, 3.63) is 83.4 Å². The lowest BCUT2D eigenvalue weighted by Gasteiger charge is -2.39. The van der Waals surface area contributed by atoms with Crippen molar-refractivity contribution >= 4 is 35.1 Å². The highest BCUT2D eigenvalue weighted by atomic mass is 35.5. The topological polar surface area (TPSA) is 78.4 Å². The number of amides is 2. The summed E-state index contributed by atoms with van der Waals surface area (Å²) >= 11 is 6.50. The summed E-state index contributed by atoms with van der Waals surface area (Å²) in [4.78, 5) is 39.6. The van der Waals surface area contributed by atoms with Crippen molar-refractivity contribution < 1.29 is 22.8 Å². The van der Waals surface area contributed by atoms with Gasteiger partial charge >= 0.3 is 0 Å². The molecule has 1 saturated carbocycles. The predicted octanol–water partition coefficient (Wildman–Crippen LogP) is 4.93. The number of carbonyl (C=O) groups excluding carboxylic acids is 2. The largest absolute Gasteiger partial charge is 0.351 e. The van der Waals surface area contributed by atoms with Crippen LogP contribution in [0.1, 0.15) is 37.3 Å². The van der Waals surface area contributed by atoms with E-state index in [1.54, 1.807) is 47.6 Å². The lowest BCUT2D eigenvalue weighted by Crippen LogP contribution is -2.56. The number of aromatic nitrogens is 2. The number of carbonyl (C=O) groups is 2. The summed E-state index contributed by atoms with van der Waals surface area (Å²) in [6.45, 7) is 0.511. The Morgan fingerprint density at radius 2 is 1.82 bits per heavy atom. The Bertz CT molecular complexity index is 1320. The minimum Gasteiger partial charge on any atom is -0.351 e. The number of hydrogen-bond acceptors (Lipinski definition) is 5. The summed E-state index contributed by atoms with van der Waals surface area (Å²) in [5.74, 6) is -4.27. The maximum atomic E-state index is 14.4. The van der Waals surface area contributed by atoms with Crippen LogP contribution in [0.5, 0.6) is 0 Å². The average Bonchev–Trinajstić information content (AvgIpc) is 3.37. The third-order valence-electron chi connectivity index (χ3n) is 6.81. The molecule has 0 radical (unpaired) electrons. The van der Waals surface area contributed by atoms with Gasteiger partial charge in [0.25, 0.3) is 11.8 Å². The summed E-state index contributed by atoms with van der Waals surface area (Å²) in [5, 5.41) is 2.85. The van der Waals surface area contributed by atoms with Crippen LogP contribution in [-0.2, 0) is 9.59 Å². The second-order valence-electron chi connectivity index (χ2n) is 9.48. The summed E-state index contributed by atoms with van der Waals surface area (Å²) in [6.07, 6.45) is 3.27. The molecule has 198 valence electrons. The van der Waals surface area contributed by atoms with Crippen molar-refractivity contribution in [1.82, 2.24) is 15.3 Å². The van der Waals surface area contributed by atoms with E-state index in [-0.39, 0.29) is 16.3 Å². The SMILES string of the molecule is O=C(NC1CC(F)(F)C1)[C@H](c1ccccc1Cl)N(C(=O)[C@@H]1CCCN1c1ncccn1)c1cccc(F)c1. The maximum Gasteiger partial charge on any atom is 0.252 e. The number of hydrogen-bond donors (Lipinski definition) is 1. The van der Waals surface area contributed by atoms with E-state index in [0.717, 1.165) is 6.07 Å². The van der Waals surface area contributed by atoms with Gasteiger partial charge in [-0.05, 0) is 43.2 Å². The van der Waals surface area contributed by atoms with Gasteiger partial charge in [-0.3, -0.25) is 14.5 Å². The quantitative estimate of drug-likeness (QED) is 0.457.